The van der Waals surface area contributed by atoms with E-state index < -0.39 is 11.9 Å². The molecule has 2 heterocycles. The van der Waals surface area contributed by atoms with Crippen LogP contribution in [0.25, 0.3) is 6.08 Å². The Morgan fingerprint density at radius 3 is 2.52 bits per heavy atom. The normalized spacial score (nSPS) is 17.4. The first-order valence-corrected chi connectivity index (χ1v) is 8.42. The molecule has 126 valence electrons. The van der Waals surface area contributed by atoms with Crippen LogP contribution in [0, 0.1) is 0 Å². The maximum atomic E-state index is 12.6. The topological polar surface area (TPSA) is 67.9 Å². The number of anilines is 1. The van der Waals surface area contributed by atoms with Gasteiger partial charge in [-0.2, -0.15) is 0 Å². The number of nitrogens with one attached hydrogen (secondary N) is 1. The molecule has 2 aliphatic heterocycles. The van der Waals surface area contributed by atoms with Crippen LogP contribution in [-0.4, -0.2) is 18.7 Å². The first-order valence-electron chi connectivity index (χ1n) is 7.25. The smallest absolute Gasteiger partial charge is 0.333 e. The summed E-state index contributed by atoms with van der Waals surface area (Å²) < 4.78 is 11.4. The first kappa shape index (κ1) is 16.0. The molecule has 1 N–H and O–H groups in total. The Hall–Kier alpha value is -2.51. The van der Waals surface area contributed by atoms with E-state index in [0.717, 1.165) is 9.37 Å². The highest BCUT2D eigenvalue weighted by Crippen LogP contribution is 2.38. The Labute approximate surface area is 156 Å². The van der Waals surface area contributed by atoms with Crippen molar-refractivity contribution in [3.05, 3.63) is 57.2 Å². The van der Waals surface area contributed by atoms with Gasteiger partial charge < -0.3 is 14.8 Å². The predicted molar refractivity (Wildman–Crippen MR) is 95.7 cm³/mol. The van der Waals surface area contributed by atoms with Gasteiger partial charge in [0.2, 0.25) is 6.79 Å². The highest BCUT2D eigenvalue weighted by molar-refractivity contribution is 9.10. The van der Waals surface area contributed by atoms with Gasteiger partial charge in [-0.15, -0.1) is 0 Å². The number of fused-ring (bicyclic) bond motifs is 1. The summed E-state index contributed by atoms with van der Waals surface area (Å²) in [7, 11) is 0. The molecule has 0 aliphatic carbocycles. The minimum atomic E-state index is -0.518. The van der Waals surface area contributed by atoms with E-state index in [9.17, 15) is 9.59 Å². The predicted octanol–water partition coefficient (Wildman–Crippen LogP) is 3.93. The number of amides is 3. The fourth-order valence-corrected chi connectivity index (χ4v) is 3.12. The van der Waals surface area contributed by atoms with Crippen molar-refractivity contribution in [2.24, 2.45) is 0 Å². The highest BCUT2D eigenvalue weighted by atomic mass is 79.9. The lowest BCUT2D eigenvalue weighted by Gasteiger charge is -2.11. The number of ether oxygens (including phenoxy) is 2. The second kappa shape index (κ2) is 6.09. The maximum Gasteiger partial charge on any atom is 0.333 e. The van der Waals surface area contributed by atoms with Gasteiger partial charge in [-0.05, 0) is 48.0 Å². The van der Waals surface area contributed by atoms with Crippen molar-refractivity contribution in [1.29, 1.82) is 0 Å². The number of hydrogen-bond acceptors (Lipinski definition) is 4. The Balaban J connectivity index is 1.68. The van der Waals surface area contributed by atoms with Gasteiger partial charge in [0.1, 0.15) is 5.70 Å². The van der Waals surface area contributed by atoms with Crippen molar-refractivity contribution in [1.82, 2.24) is 5.32 Å². The van der Waals surface area contributed by atoms with Crippen LogP contribution < -0.4 is 19.7 Å². The lowest BCUT2D eigenvalue weighted by atomic mass is 10.1. The van der Waals surface area contributed by atoms with Crippen molar-refractivity contribution >= 4 is 51.2 Å². The van der Waals surface area contributed by atoms with E-state index >= 15 is 0 Å². The molecule has 4 rings (SSSR count). The number of carbonyl (C=O) groups is 2. The molecule has 1 fully saturated rings. The maximum absolute atomic E-state index is 12.6. The van der Waals surface area contributed by atoms with Crippen LogP contribution in [0.5, 0.6) is 11.5 Å². The molecule has 0 bridgehead atoms. The van der Waals surface area contributed by atoms with Gasteiger partial charge in [-0.3, -0.25) is 4.79 Å². The fourth-order valence-electron chi connectivity index (χ4n) is 2.56. The van der Waals surface area contributed by atoms with Crippen LogP contribution in [-0.2, 0) is 4.79 Å². The molecule has 1 saturated heterocycles. The first-order chi connectivity index (χ1) is 12.0. The molecule has 0 aromatic heterocycles. The average Bonchev–Trinajstić information content (AvgIpc) is 3.13. The van der Waals surface area contributed by atoms with Crippen LogP contribution >= 0.6 is 27.5 Å². The molecule has 6 nitrogen and oxygen atoms in total. The summed E-state index contributed by atoms with van der Waals surface area (Å²) in [5.41, 5.74) is 1.30. The van der Waals surface area contributed by atoms with Crippen molar-refractivity contribution in [2.75, 3.05) is 11.7 Å². The average molecular weight is 422 g/mol. The molecule has 0 saturated carbocycles. The number of hydrogen-bond donors (Lipinski definition) is 1. The number of imide groups is 1. The summed E-state index contributed by atoms with van der Waals surface area (Å²) in [6, 6.07) is 9.44. The largest absolute Gasteiger partial charge is 0.454 e. The minimum absolute atomic E-state index is 0.155. The second-order valence-electron chi connectivity index (χ2n) is 5.33. The molecular formula is C17H10BrClN2O4. The number of halogens is 2. The Morgan fingerprint density at radius 1 is 1.12 bits per heavy atom. The summed E-state index contributed by atoms with van der Waals surface area (Å²) >= 11 is 9.28. The summed E-state index contributed by atoms with van der Waals surface area (Å²) in [4.78, 5) is 25.9. The van der Waals surface area contributed by atoms with Crippen molar-refractivity contribution in [3.63, 3.8) is 0 Å². The Morgan fingerprint density at radius 2 is 1.80 bits per heavy atom. The molecule has 0 radical (unpaired) electrons. The summed E-state index contributed by atoms with van der Waals surface area (Å²) in [6.45, 7) is 0.155. The quantitative estimate of drug-likeness (QED) is 0.589. The van der Waals surface area contributed by atoms with Crippen LogP contribution in [0.15, 0.2) is 46.6 Å². The van der Waals surface area contributed by atoms with E-state index in [2.05, 4.69) is 21.2 Å². The third-order valence-electron chi connectivity index (χ3n) is 3.75. The van der Waals surface area contributed by atoms with Crippen LogP contribution in [0.2, 0.25) is 5.02 Å². The van der Waals surface area contributed by atoms with Crippen molar-refractivity contribution < 1.29 is 19.1 Å². The molecule has 2 aliphatic rings. The highest BCUT2D eigenvalue weighted by Gasteiger charge is 2.35. The third-order valence-corrected chi connectivity index (χ3v) is 4.69. The molecule has 2 aromatic rings. The summed E-state index contributed by atoms with van der Waals surface area (Å²) in [5.74, 6) is 0.761. The molecule has 3 amide bonds. The van der Waals surface area contributed by atoms with Crippen LogP contribution in [0.3, 0.4) is 0 Å². The monoisotopic (exact) mass is 420 g/mol. The molecule has 2 aromatic carbocycles. The van der Waals surface area contributed by atoms with Gasteiger partial charge in [-0.1, -0.05) is 27.5 Å². The zero-order valence-electron chi connectivity index (χ0n) is 12.6. The SMILES string of the molecule is O=C1N/C(=C\c2cc3c(cc2Br)OCO3)C(=O)N1c1ccc(Cl)cc1. The van der Waals surface area contributed by atoms with E-state index in [1.54, 1.807) is 42.5 Å². The van der Waals surface area contributed by atoms with E-state index in [-0.39, 0.29) is 12.5 Å². The number of benzene rings is 2. The van der Waals surface area contributed by atoms with Gasteiger partial charge >= 0.3 is 6.03 Å². The Bertz CT molecular complexity index is 927. The van der Waals surface area contributed by atoms with Crippen LogP contribution in [0.1, 0.15) is 5.56 Å². The van der Waals surface area contributed by atoms with E-state index in [4.69, 9.17) is 21.1 Å². The van der Waals surface area contributed by atoms with Gasteiger partial charge in [-0.25, -0.2) is 9.69 Å². The molecule has 0 atom stereocenters. The zero-order valence-corrected chi connectivity index (χ0v) is 14.9. The van der Waals surface area contributed by atoms with Gasteiger partial charge in [0.05, 0.1) is 5.69 Å². The zero-order chi connectivity index (χ0) is 17.6. The number of urea groups is 1. The minimum Gasteiger partial charge on any atom is -0.454 e. The van der Waals surface area contributed by atoms with Crippen molar-refractivity contribution in [3.8, 4) is 11.5 Å². The van der Waals surface area contributed by atoms with Gasteiger partial charge in [0.15, 0.2) is 11.5 Å². The number of rotatable bonds is 2. The van der Waals surface area contributed by atoms with Gasteiger partial charge in [0.25, 0.3) is 5.91 Å². The number of carbonyl (C=O) groups excluding carboxylic acids is 2. The molecule has 25 heavy (non-hydrogen) atoms. The fraction of sp³-hybridized carbons (Fsp3) is 0.0588. The lowest BCUT2D eigenvalue weighted by Crippen LogP contribution is -2.30. The molecule has 0 spiro atoms. The van der Waals surface area contributed by atoms with E-state index in [1.165, 1.54) is 0 Å². The van der Waals surface area contributed by atoms with E-state index in [0.29, 0.717) is 27.8 Å². The van der Waals surface area contributed by atoms with Crippen molar-refractivity contribution in [2.45, 2.75) is 0 Å². The summed E-state index contributed by atoms with van der Waals surface area (Å²) in [6.07, 6.45) is 1.59. The molecular weight excluding hydrogens is 412 g/mol. The molecule has 8 heteroatoms. The standard InChI is InChI=1S/C17H10BrClN2O4/c18-12-7-15-14(24-8-25-15)6-9(12)5-13-16(22)21(17(23)20-13)11-3-1-10(19)2-4-11/h1-7H,8H2,(H,20,23)/b13-5-. The lowest BCUT2D eigenvalue weighted by molar-refractivity contribution is -0.113. The van der Waals surface area contributed by atoms with E-state index in [1.807, 2.05) is 0 Å². The Kier molecular flexibility index (Phi) is 3.89. The number of nitrogens with zero attached hydrogens (tertiary/aromatic N) is 1. The summed E-state index contributed by atoms with van der Waals surface area (Å²) in [5, 5.41) is 3.11. The van der Waals surface area contributed by atoms with Crippen LogP contribution in [0.4, 0.5) is 10.5 Å². The second-order valence-corrected chi connectivity index (χ2v) is 6.62. The van der Waals surface area contributed by atoms with Gasteiger partial charge in [0, 0.05) is 9.50 Å². The third kappa shape index (κ3) is 2.85. The molecule has 0 unspecified atom stereocenters.